The summed E-state index contributed by atoms with van der Waals surface area (Å²) in [4.78, 5) is 24.2. The third kappa shape index (κ3) is 5.74. The summed E-state index contributed by atoms with van der Waals surface area (Å²) >= 11 is 0. The van der Waals surface area contributed by atoms with Crippen molar-refractivity contribution in [2.45, 2.75) is 19.6 Å². The Hall–Kier alpha value is -3.56. The van der Waals surface area contributed by atoms with Crippen LogP contribution in [0.5, 0.6) is 0 Å². The van der Waals surface area contributed by atoms with Gasteiger partial charge >= 0.3 is 6.18 Å². The molecule has 0 fully saturated rings. The zero-order valence-electron chi connectivity index (χ0n) is 17.0. The van der Waals surface area contributed by atoms with E-state index in [0.717, 1.165) is 38.3 Å². The zero-order chi connectivity index (χ0) is 22.6. The number of amides is 2. The van der Waals surface area contributed by atoms with Crippen LogP contribution in [-0.2, 0) is 23.2 Å². The topological polar surface area (TPSA) is 79.3 Å². The Morgan fingerprint density at radius 2 is 2.03 bits per heavy atom. The van der Waals surface area contributed by atoms with Gasteiger partial charge in [-0.2, -0.15) is 18.3 Å². The minimum absolute atomic E-state index is 0.0892. The number of alkyl halides is 3. The highest BCUT2D eigenvalue weighted by molar-refractivity contribution is 5.84. The van der Waals surface area contributed by atoms with Crippen LogP contribution in [0.15, 0.2) is 42.6 Å². The fourth-order valence-corrected chi connectivity index (χ4v) is 3.18. The minimum Gasteiger partial charge on any atom is -0.355 e. The van der Waals surface area contributed by atoms with Gasteiger partial charge in [0.15, 0.2) is 0 Å². The summed E-state index contributed by atoms with van der Waals surface area (Å²) < 4.78 is 38.5. The molecule has 0 aliphatic carbocycles. The number of nitrogens with zero attached hydrogens (tertiary/aromatic N) is 3. The van der Waals surface area contributed by atoms with Gasteiger partial charge in [0.25, 0.3) is 0 Å². The fourth-order valence-electron chi connectivity index (χ4n) is 3.18. The molecule has 2 N–H and O–H groups in total. The Bertz CT molecular complexity index is 1090. The maximum absolute atomic E-state index is 12.2. The van der Waals surface area contributed by atoms with Crippen molar-refractivity contribution in [3.63, 3.8) is 0 Å². The van der Waals surface area contributed by atoms with Crippen LogP contribution in [0.4, 0.5) is 24.5 Å². The van der Waals surface area contributed by atoms with E-state index in [0.29, 0.717) is 6.41 Å². The summed E-state index contributed by atoms with van der Waals surface area (Å²) in [7, 11) is 1.87. The SMILES string of the molecule is Cc1c(CN(C=O)CC(=O)NCC(F)(F)F)cccc1Nc1ccc2c(cnn2C)c1. The Labute approximate surface area is 176 Å². The average molecular weight is 433 g/mol. The first-order valence-electron chi connectivity index (χ1n) is 9.46. The third-order valence-electron chi connectivity index (χ3n) is 4.83. The summed E-state index contributed by atoms with van der Waals surface area (Å²) in [5, 5.41) is 10.3. The van der Waals surface area contributed by atoms with E-state index in [1.165, 1.54) is 0 Å². The lowest BCUT2D eigenvalue weighted by Gasteiger charge is -2.20. The highest BCUT2D eigenvalue weighted by atomic mass is 19.4. The number of aromatic nitrogens is 2. The van der Waals surface area contributed by atoms with Gasteiger partial charge in [-0.05, 0) is 42.3 Å². The molecule has 0 unspecified atom stereocenters. The normalized spacial score (nSPS) is 11.4. The average Bonchev–Trinajstić information content (AvgIpc) is 3.08. The van der Waals surface area contributed by atoms with E-state index in [2.05, 4.69) is 10.4 Å². The standard InChI is InChI=1S/C21H22F3N5O2/c1-14-15(10-29(13-30)11-20(31)25-12-21(22,23)24)4-3-5-18(14)27-17-6-7-19-16(8-17)9-26-28(19)2/h3-9,13,27H,10-12H2,1-2H3,(H,25,31). The maximum atomic E-state index is 12.2. The zero-order valence-corrected chi connectivity index (χ0v) is 17.0. The highest BCUT2D eigenvalue weighted by Gasteiger charge is 2.28. The van der Waals surface area contributed by atoms with E-state index in [4.69, 9.17) is 0 Å². The van der Waals surface area contributed by atoms with Gasteiger partial charge in [0.2, 0.25) is 12.3 Å². The molecule has 7 nitrogen and oxygen atoms in total. The van der Waals surface area contributed by atoms with Crippen LogP contribution in [0.2, 0.25) is 0 Å². The van der Waals surface area contributed by atoms with E-state index in [-0.39, 0.29) is 6.54 Å². The van der Waals surface area contributed by atoms with Crippen LogP contribution in [-0.4, -0.2) is 46.3 Å². The lowest BCUT2D eigenvalue weighted by atomic mass is 10.1. The minimum atomic E-state index is -4.50. The molecule has 0 bridgehead atoms. The lowest BCUT2D eigenvalue weighted by molar-refractivity contribution is -0.140. The molecule has 0 aliphatic rings. The van der Waals surface area contributed by atoms with Crippen LogP contribution < -0.4 is 10.6 Å². The lowest BCUT2D eigenvalue weighted by Crippen LogP contribution is -2.40. The number of carbonyl (C=O) groups excluding carboxylic acids is 2. The quantitative estimate of drug-likeness (QED) is 0.535. The van der Waals surface area contributed by atoms with Crippen molar-refractivity contribution in [1.82, 2.24) is 20.0 Å². The molecule has 3 rings (SSSR count). The summed E-state index contributed by atoms with van der Waals surface area (Å²) in [6.45, 7) is 0.0610. The Kier molecular flexibility index (Phi) is 6.47. The molecule has 164 valence electrons. The first-order chi connectivity index (χ1) is 14.7. The Morgan fingerprint density at radius 3 is 2.74 bits per heavy atom. The second-order valence-electron chi connectivity index (χ2n) is 7.16. The van der Waals surface area contributed by atoms with Gasteiger partial charge in [-0.3, -0.25) is 14.3 Å². The van der Waals surface area contributed by atoms with Crippen LogP contribution in [0.3, 0.4) is 0 Å². The number of halogens is 3. The Balaban J connectivity index is 1.70. The molecule has 31 heavy (non-hydrogen) atoms. The van der Waals surface area contributed by atoms with E-state index >= 15 is 0 Å². The van der Waals surface area contributed by atoms with Crippen LogP contribution in [0, 0.1) is 6.92 Å². The van der Waals surface area contributed by atoms with Crippen molar-refractivity contribution in [1.29, 1.82) is 0 Å². The van der Waals surface area contributed by atoms with Crippen LogP contribution >= 0.6 is 0 Å². The van der Waals surface area contributed by atoms with E-state index in [1.54, 1.807) is 28.3 Å². The second-order valence-corrected chi connectivity index (χ2v) is 7.16. The van der Waals surface area contributed by atoms with Crippen molar-refractivity contribution in [2.24, 2.45) is 7.05 Å². The number of fused-ring (bicyclic) bond motifs is 1. The van der Waals surface area contributed by atoms with E-state index in [9.17, 15) is 22.8 Å². The van der Waals surface area contributed by atoms with Crippen LogP contribution in [0.25, 0.3) is 10.9 Å². The monoisotopic (exact) mass is 433 g/mol. The van der Waals surface area contributed by atoms with Crippen molar-refractivity contribution < 1.29 is 22.8 Å². The molecule has 0 spiro atoms. The summed E-state index contributed by atoms with van der Waals surface area (Å²) in [6.07, 6.45) is -2.28. The number of aryl methyl sites for hydroxylation is 1. The van der Waals surface area contributed by atoms with E-state index in [1.807, 2.05) is 38.2 Å². The molecule has 3 aromatic rings. The van der Waals surface area contributed by atoms with Gasteiger partial charge in [0.1, 0.15) is 6.54 Å². The summed E-state index contributed by atoms with van der Waals surface area (Å²) in [5.74, 6) is -0.874. The summed E-state index contributed by atoms with van der Waals surface area (Å²) in [6, 6.07) is 11.3. The van der Waals surface area contributed by atoms with Gasteiger partial charge in [-0.1, -0.05) is 12.1 Å². The highest BCUT2D eigenvalue weighted by Crippen LogP contribution is 2.26. The molecular weight excluding hydrogens is 411 g/mol. The molecule has 0 aliphatic heterocycles. The smallest absolute Gasteiger partial charge is 0.355 e. The predicted molar refractivity (Wildman–Crippen MR) is 111 cm³/mol. The molecule has 10 heteroatoms. The van der Waals surface area contributed by atoms with Gasteiger partial charge in [0, 0.05) is 30.4 Å². The van der Waals surface area contributed by atoms with Gasteiger partial charge < -0.3 is 15.5 Å². The maximum Gasteiger partial charge on any atom is 0.405 e. The second kappa shape index (κ2) is 9.07. The van der Waals surface area contributed by atoms with Crippen molar-refractivity contribution in [3.8, 4) is 0 Å². The number of carbonyl (C=O) groups is 2. The number of rotatable bonds is 8. The van der Waals surface area contributed by atoms with Gasteiger partial charge in [0.05, 0.1) is 18.3 Å². The van der Waals surface area contributed by atoms with Crippen molar-refractivity contribution in [2.75, 3.05) is 18.4 Å². The molecule has 1 aromatic heterocycles. The fraction of sp³-hybridized carbons (Fsp3) is 0.286. The number of hydrogen-bond donors (Lipinski definition) is 2. The summed E-state index contributed by atoms with van der Waals surface area (Å²) in [5.41, 5.74) is 4.30. The van der Waals surface area contributed by atoms with Crippen molar-refractivity contribution >= 4 is 34.6 Å². The third-order valence-corrected chi connectivity index (χ3v) is 4.83. The van der Waals surface area contributed by atoms with Gasteiger partial charge in [-0.15, -0.1) is 0 Å². The first-order valence-corrected chi connectivity index (χ1v) is 9.46. The number of hydrogen-bond acceptors (Lipinski definition) is 4. The van der Waals surface area contributed by atoms with Crippen LogP contribution in [0.1, 0.15) is 11.1 Å². The van der Waals surface area contributed by atoms with E-state index < -0.39 is 25.2 Å². The molecule has 0 radical (unpaired) electrons. The molecule has 1 heterocycles. The number of nitrogens with one attached hydrogen (secondary N) is 2. The predicted octanol–water partition coefficient (Wildman–Crippen LogP) is 3.26. The molecule has 0 saturated carbocycles. The molecular formula is C21H22F3N5O2. The van der Waals surface area contributed by atoms with Gasteiger partial charge in [-0.25, -0.2) is 0 Å². The first kappa shape index (κ1) is 22.1. The molecule has 2 aromatic carbocycles. The molecule has 0 atom stereocenters. The largest absolute Gasteiger partial charge is 0.405 e. The molecule has 2 amide bonds. The van der Waals surface area contributed by atoms with Crippen molar-refractivity contribution in [3.05, 3.63) is 53.7 Å². The molecule has 0 saturated heterocycles. The number of benzene rings is 2. The number of anilines is 2. The Morgan fingerprint density at radius 1 is 1.26 bits per heavy atom.